The van der Waals surface area contributed by atoms with Gasteiger partial charge in [-0.2, -0.15) is 0 Å². The molecular weight excluding hydrogens is 377 g/mol. The van der Waals surface area contributed by atoms with E-state index in [1.807, 2.05) is 12.1 Å². The summed E-state index contributed by atoms with van der Waals surface area (Å²) in [5.74, 6) is -1.15. The fraction of sp³-hybridized carbons (Fsp3) is 0.176. The first-order valence-corrected chi connectivity index (χ1v) is 8.04. The third-order valence-corrected chi connectivity index (χ3v) is 3.64. The molecule has 3 N–H and O–H groups in total. The van der Waals surface area contributed by atoms with Crippen LogP contribution in [-0.4, -0.2) is 17.9 Å². The number of rotatable bonds is 5. The summed E-state index contributed by atoms with van der Waals surface area (Å²) < 4.78 is 14.5. The molecule has 0 heterocycles. The summed E-state index contributed by atoms with van der Waals surface area (Å²) in [7, 11) is 0. The molecule has 0 unspecified atom stereocenters. The maximum absolute atomic E-state index is 13.6. The molecule has 2 amide bonds. The standard InChI is InChI=1S/C17H17BrFN3O2/c1-10(17(24)22-13-5-3-4-12(18)8-13)20-14-6-7-15(19)16(9-14)21-11(2)23/h3-10,20H,1-2H3,(H,21,23)(H,22,24)/t10-/m0/s1. The van der Waals surface area contributed by atoms with E-state index < -0.39 is 11.9 Å². The van der Waals surface area contributed by atoms with Crippen molar-refractivity contribution in [1.29, 1.82) is 0 Å². The monoisotopic (exact) mass is 393 g/mol. The third-order valence-electron chi connectivity index (χ3n) is 3.15. The first-order chi connectivity index (χ1) is 11.3. The molecule has 0 aromatic heterocycles. The summed E-state index contributed by atoms with van der Waals surface area (Å²) in [6.07, 6.45) is 0. The van der Waals surface area contributed by atoms with Gasteiger partial charge in [0.25, 0.3) is 0 Å². The smallest absolute Gasteiger partial charge is 0.246 e. The second-order valence-corrected chi connectivity index (χ2v) is 6.16. The quantitative estimate of drug-likeness (QED) is 0.719. The Labute approximate surface area is 147 Å². The number of amides is 2. The number of benzene rings is 2. The van der Waals surface area contributed by atoms with Gasteiger partial charge in [0, 0.05) is 22.8 Å². The predicted octanol–water partition coefficient (Wildman–Crippen LogP) is 3.99. The zero-order valence-corrected chi connectivity index (χ0v) is 14.8. The van der Waals surface area contributed by atoms with Crippen LogP contribution in [0.1, 0.15) is 13.8 Å². The van der Waals surface area contributed by atoms with Crippen LogP contribution in [0, 0.1) is 5.82 Å². The summed E-state index contributed by atoms with van der Waals surface area (Å²) in [5, 5.41) is 8.16. The Hall–Kier alpha value is -2.41. The molecule has 0 aliphatic carbocycles. The molecule has 0 saturated carbocycles. The number of hydrogen-bond acceptors (Lipinski definition) is 3. The van der Waals surface area contributed by atoms with Crippen LogP contribution in [-0.2, 0) is 9.59 Å². The van der Waals surface area contributed by atoms with Crippen molar-refractivity contribution in [2.45, 2.75) is 19.9 Å². The van der Waals surface area contributed by atoms with Crippen molar-refractivity contribution >= 4 is 44.8 Å². The third kappa shape index (κ3) is 5.06. The fourth-order valence-electron chi connectivity index (χ4n) is 2.03. The Morgan fingerprint density at radius 2 is 1.83 bits per heavy atom. The van der Waals surface area contributed by atoms with Gasteiger partial charge in [0.15, 0.2) is 0 Å². The molecule has 24 heavy (non-hydrogen) atoms. The van der Waals surface area contributed by atoms with Gasteiger partial charge >= 0.3 is 0 Å². The lowest BCUT2D eigenvalue weighted by Crippen LogP contribution is -2.31. The van der Waals surface area contributed by atoms with E-state index >= 15 is 0 Å². The molecule has 0 bridgehead atoms. The minimum Gasteiger partial charge on any atom is -0.374 e. The SMILES string of the molecule is CC(=O)Nc1cc(N[C@@H](C)C(=O)Nc2cccc(Br)c2)ccc1F. The lowest BCUT2D eigenvalue weighted by Gasteiger charge is -2.16. The van der Waals surface area contributed by atoms with Gasteiger partial charge in [0.2, 0.25) is 11.8 Å². The highest BCUT2D eigenvalue weighted by Gasteiger charge is 2.14. The highest BCUT2D eigenvalue weighted by Crippen LogP contribution is 2.21. The number of halogens is 2. The Morgan fingerprint density at radius 1 is 1.08 bits per heavy atom. The number of carbonyl (C=O) groups excluding carboxylic acids is 2. The lowest BCUT2D eigenvalue weighted by atomic mass is 10.2. The van der Waals surface area contributed by atoms with E-state index in [0.29, 0.717) is 11.4 Å². The van der Waals surface area contributed by atoms with Crippen LogP contribution < -0.4 is 16.0 Å². The van der Waals surface area contributed by atoms with Crippen molar-refractivity contribution < 1.29 is 14.0 Å². The molecule has 0 fully saturated rings. The van der Waals surface area contributed by atoms with Crippen molar-refractivity contribution in [3.63, 3.8) is 0 Å². The molecule has 2 aromatic rings. The molecular formula is C17H17BrFN3O2. The maximum Gasteiger partial charge on any atom is 0.246 e. The minimum atomic E-state index is -0.556. The predicted molar refractivity (Wildman–Crippen MR) is 96.6 cm³/mol. The Balaban J connectivity index is 2.04. The maximum atomic E-state index is 13.6. The van der Waals surface area contributed by atoms with E-state index in [4.69, 9.17) is 0 Å². The van der Waals surface area contributed by atoms with E-state index in [2.05, 4.69) is 31.9 Å². The van der Waals surface area contributed by atoms with Crippen LogP contribution in [0.15, 0.2) is 46.9 Å². The van der Waals surface area contributed by atoms with Crippen molar-refractivity contribution in [2.24, 2.45) is 0 Å². The van der Waals surface area contributed by atoms with Crippen LogP contribution in [0.2, 0.25) is 0 Å². The van der Waals surface area contributed by atoms with Gasteiger partial charge in [-0.15, -0.1) is 0 Å². The molecule has 0 spiro atoms. The van der Waals surface area contributed by atoms with Gasteiger partial charge in [-0.3, -0.25) is 9.59 Å². The van der Waals surface area contributed by atoms with Crippen LogP contribution in [0.4, 0.5) is 21.5 Å². The summed E-state index contributed by atoms with van der Waals surface area (Å²) in [4.78, 5) is 23.3. The molecule has 0 radical (unpaired) electrons. The minimum absolute atomic E-state index is 0.0621. The molecule has 0 saturated heterocycles. The summed E-state index contributed by atoms with van der Waals surface area (Å²) >= 11 is 3.34. The van der Waals surface area contributed by atoms with Crippen LogP contribution in [0.5, 0.6) is 0 Å². The summed E-state index contributed by atoms with van der Waals surface area (Å²) in [5.41, 5.74) is 1.25. The fourth-order valence-corrected chi connectivity index (χ4v) is 2.43. The van der Waals surface area contributed by atoms with Gasteiger partial charge in [0.1, 0.15) is 11.9 Å². The molecule has 0 aliphatic heterocycles. The highest BCUT2D eigenvalue weighted by molar-refractivity contribution is 9.10. The van der Waals surface area contributed by atoms with Gasteiger partial charge < -0.3 is 16.0 Å². The van der Waals surface area contributed by atoms with E-state index in [-0.39, 0.29) is 17.5 Å². The van der Waals surface area contributed by atoms with Gasteiger partial charge in [-0.1, -0.05) is 22.0 Å². The second-order valence-electron chi connectivity index (χ2n) is 5.24. The second kappa shape index (κ2) is 7.92. The first kappa shape index (κ1) is 17.9. The van der Waals surface area contributed by atoms with E-state index in [1.54, 1.807) is 19.1 Å². The molecule has 5 nitrogen and oxygen atoms in total. The Bertz CT molecular complexity index is 767. The van der Waals surface area contributed by atoms with Crippen molar-refractivity contribution in [3.8, 4) is 0 Å². The Morgan fingerprint density at radius 3 is 2.50 bits per heavy atom. The van der Waals surface area contributed by atoms with E-state index in [9.17, 15) is 14.0 Å². The number of anilines is 3. The average molecular weight is 394 g/mol. The van der Waals surface area contributed by atoms with Crippen molar-refractivity contribution in [1.82, 2.24) is 0 Å². The average Bonchev–Trinajstić information content (AvgIpc) is 2.50. The molecule has 126 valence electrons. The zero-order valence-electron chi connectivity index (χ0n) is 13.2. The lowest BCUT2D eigenvalue weighted by molar-refractivity contribution is -0.116. The van der Waals surface area contributed by atoms with E-state index in [1.165, 1.54) is 25.1 Å². The topological polar surface area (TPSA) is 70.2 Å². The number of hydrogen-bond donors (Lipinski definition) is 3. The van der Waals surface area contributed by atoms with Crippen molar-refractivity contribution in [3.05, 3.63) is 52.8 Å². The molecule has 0 aliphatic rings. The molecule has 1 atom stereocenters. The molecule has 7 heteroatoms. The van der Waals surface area contributed by atoms with Crippen LogP contribution in [0.3, 0.4) is 0 Å². The van der Waals surface area contributed by atoms with Gasteiger partial charge in [-0.25, -0.2) is 4.39 Å². The Kier molecular flexibility index (Phi) is 5.92. The zero-order chi connectivity index (χ0) is 17.7. The van der Waals surface area contributed by atoms with Crippen molar-refractivity contribution in [2.75, 3.05) is 16.0 Å². The molecule has 2 aromatic carbocycles. The van der Waals surface area contributed by atoms with E-state index in [0.717, 1.165) is 4.47 Å². The normalized spacial score (nSPS) is 11.5. The first-order valence-electron chi connectivity index (χ1n) is 7.25. The van der Waals surface area contributed by atoms with Gasteiger partial charge in [0.05, 0.1) is 5.69 Å². The molecule has 2 rings (SSSR count). The van der Waals surface area contributed by atoms with Crippen LogP contribution >= 0.6 is 15.9 Å². The largest absolute Gasteiger partial charge is 0.374 e. The number of carbonyl (C=O) groups is 2. The van der Waals surface area contributed by atoms with Gasteiger partial charge in [-0.05, 0) is 43.3 Å². The summed E-state index contributed by atoms with van der Waals surface area (Å²) in [6, 6.07) is 10.9. The summed E-state index contributed by atoms with van der Waals surface area (Å²) in [6.45, 7) is 2.99. The highest BCUT2D eigenvalue weighted by atomic mass is 79.9. The number of nitrogens with one attached hydrogen (secondary N) is 3. The van der Waals surface area contributed by atoms with Crippen LogP contribution in [0.25, 0.3) is 0 Å².